The molecule has 1 aromatic heterocycles. The van der Waals surface area contributed by atoms with Crippen molar-refractivity contribution in [3.05, 3.63) is 24.0 Å². The molecule has 0 unspecified atom stereocenters. The third kappa shape index (κ3) is 5.00. The number of amides is 2. The molecule has 140 valence electrons. The standard InChI is InChI=1S/C19H30ClN3O2/c1-5-10-22(18(25)19(2,3)14-20)13-17(24)23(15-8-9-15)12-16-7-6-11-21(16)4/h6-7,11,15H,5,8-10,12-14H2,1-4H3. The smallest absolute Gasteiger partial charge is 0.242 e. The number of nitrogens with zero attached hydrogens (tertiary/aromatic N) is 3. The maximum atomic E-state index is 13.0. The summed E-state index contributed by atoms with van der Waals surface area (Å²) in [7, 11) is 1.99. The SMILES string of the molecule is CCCN(CC(=O)N(Cc1cccn1C)C1CC1)C(=O)C(C)(C)CCl. The van der Waals surface area contributed by atoms with Crippen LogP contribution in [0.3, 0.4) is 0 Å². The van der Waals surface area contributed by atoms with Crippen molar-refractivity contribution >= 4 is 23.4 Å². The Balaban J connectivity index is 2.09. The van der Waals surface area contributed by atoms with Crippen LogP contribution in [0.15, 0.2) is 18.3 Å². The zero-order valence-corrected chi connectivity index (χ0v) is 16.6. The van der Waals surface area contributed by atoms with Crippen molar-refractivity contribution in [3.8, 4) is 0 Å². The fourth-order valence-corrected chi connectivity index (χ4v) is 3.02. The fourth-order valence-electron chi connectivity index (χ4n) is 2.90. The molecule has 0 radical (unpaired) electrons. The zero-order valence-electron chi connectivity index (χ0n) is 15.8. The van der Waals surface area contributed by atoms with Crippen molar-refractivity contribution in [2.75, 3.05) is 19.0 Å². The van der Waals surface area contributed by atoms with Gasteiger partial charge in [-0.05, 0) is 45.2 Å². The summed E-state index contributed by atoms with van der Waals surface area (Å²) >= 11 is 5.96. The van der Waals surface area contributed by atoms with Crippen molar-refractivity contribution in [2.24, 2.45) is 12.5 Å². The van der Waals surface area contributed by atoms with Crippen molar-refractivity contribution in [2.45, 2.75) is 52.6 Å². The van der Waals surface area contributed by atoms with E-state index in [-0.39, 0.29) is 24.2 Å². The van der Waals surface area contributed by atoms with E-state index in [1.807, 2.05) is 55.6 Å². The van der Waals surface area contributed by atoms with Crippen LogP contribution in [0.1, 0.15) is 45.7 Å². The summed E-state index contributed by atoms with van der Waals surface area (Å²) in [6.07, 6.45) is 4.90. The lowest BCUT2D eigenvalue weighted by Crippen LogP contribution is -2.48. The van der Waals surface area contributed by atoms with E-state index in [1.54, 1.807) is 4.90 Å². The van der Waals surface area contributed by atoms with E-state index in [4.69, 9.17) is 11.6 Å². The highest BCUT2D eigenvalue weighted by molar-refractivity contribution is 6.19. The van der Waals surface area contributed by atoms with Crippen molar-refractivity contribution in [3.63, 3.8) is 0 Å². The molecule has 1 aliphatic rings. The molecule has 0 bridgehead atoms. The summed E-state index contributed by atoms with van der Waals surface area (Å²) in [5.74, 6) is 0.221. The Labute approximate surface area is 155 Å². The second-order valence-corrected chi connectivity index (χ2v) is 7.87. The normalized spacial score (nSPS) is 14.4. The maximum Gasteiger partial charge on any atom is 0.242 e. The highest BCUT2D eigenvalue weighted by Crippen LogP contribution is 2.29. The Morgan fingerprint density at radius 1 is 1.36 bits per heavy atom. The third-order valence-corrected chi connectivity index (χ3v) is 5.38. The molecular formula is C19H30ClN3O2. The van der Waals surface area contributed by atoms with Crippen LogP contribution in [-0.2, 0) is 23.2 Å². The van der Waals surface area contributed by atoms with Gasteiger partial charge < -0.3 is 14.4 Å². The molecule has 2 rings (SSSR count). The van der Waals surface area contributed by atoms with Crippen LogP contribution >= 0.6 is 11.6 Å². The minimum atomic E-state index is -0.653. The summed E-state index contributed by atoms with van der Waals surface area (Å²) < 4.78 is 2.04. The van der Waals surface area contributed by atoms with E-state index < -0.39 is 5.41 Å². The molecule has 0 aromatic carbocycles. The first kappa shape index (κ1) is 19.8. The van der Waals surface area contributed by atoms with Gasteiger partial charge in [0.2, 0.25) is 11.8 Å². The largest absolute Gasteiger partial charge is 0.353 e. The summed E-state index contributed by atoms with van der Waals surface area (Å²) in [5, 5.41) is 0. The first-order chi connectivity index (χ1) is 11.8. The Kier molecular flexibility index (Phi) is 6.55. The molecular weight excluding hydrogens is 338 g/mol. The van der Waals surface area contributed by atoms with E-state index in [1.165, 1.54) is 0 Å². The van der Waals surface area contributed by atoms with Gasteiger partial charge in [-0.25, -0.2) is 0 Å². The molecule has 1 aliphatic carbocycles. The average molecular weight is 368 g/mol. The Morgan fingerprint density at radius 3 is 2.52 bits per heavy atom. The molecule has 25 heavy (non-hydrogen) atoms. The second kappa shape index (κ2) is 8.26. The van der Waals surface area contributed by atoms with Gasteiger partial charge in [0.25, 0.3) is 0 Å². The van der Waals surface area contributed by atoms with Gasteiger partial charge in [-0.3, -0.25) is 9.59 Å². The van der Waals surface area contributed by atoms with Crippen LogP contribution in [0.2, 0.25) is 0 Å². The van der Waals surface area contributed by atoms with Crippen LogP contribution in [0.5, 0.6) is 0 Å². The Bertz CT molecular complexity index is 608. The molecule has 1 fully saturated rings. The molecule has 2 amide bonds. The number of carbonyl (C=O) groups is 2. The number of hydrogen-bond donors (Lipinski definition) is 0. The molecule has 0 spiro atoms. The lowest BCUT2D eigenvalue weighted by Gasteiger charge is -2.32. The number of halogens is 1. The molecule has 1 aromatic rings. The van der Waals surface area contributed by atoms with Crippen LogP contribution in [-0.4, -0.2) is 51.2 Å². The molecule has 0 aliphatic heterocycles. The molecule has 0 atom stereocenters. The van der Waals surface area contributed by atoms with Gasteiger partial charge in [0.05, 0.1) is 18.5 Å². The van der Waals surface area contributed by atoms with Gasteiger partial charge in [0, 0.05) is 37.4 Å². The first-order valence-electron chi connectivity index (χ1n) is 9.05. The minimum absolute atomic E-state index is 0.0240. The third-order valence-electron chi connectivity index (χ3n) is 4.71. The molecule has 1 saturated carbocycles. The van der Waals surface area contributed by atoms with Gasteiger partial charge in [0.15, 0.2) is 0 Å². The maximum absolute atomic E-state index is 13.0. The lowest BCUT2D eigenvalue weighted by molar-refractivity contribution is -0.146. The summed E-state index contributed by atoms with van der Waals surface area (Å²) in [6, 6.07) is 4.33. The average Bonchev–Trinajstić information content (AvgIpc) is 3.34. The number of aryl methyl sites for hydroxylation is 1. The van der Waals surface area contributed by atoms with Crippen LogP contribution in [0, 0.1) is 5.41 Å². The highest BCUT2D eigenvalue weighted by atomic mass is 35.5. The highest BCUT2D eigenvalue weighted by Gasteiger charge is 2.36. The lowest BCUT2D eigenvalue weighted by atomic mass is 9.94. The molecule has 0 saturated heterocycles. The van der Waals surface area contributed by atoms with E-state index >= 15 is 0 Å². The molecule has 1 heterocycles. The van der Waals surface area contributed by atoms with Crippen molar-refractivity contribution in [1.82, 2.24) is 14.4 Å². The number of alkyl halides is 1. The van der Waals surface area contributed by atoms with E-state index in [0.717, 1.165) is 25.0 Å². The van der Waals surface area contributed by atoms with Gasteiger partial charge in [-0.2, -0.15) is 0 Å². The van der Waals surface area contributed by atoms with E-state index in [2.05, 4.69) is 0 Å². The van der Waals surface area contributed by atoms with Gasteiger partial charge in [0.1, 0.15) is 0 Å². The monoisotopic (exact) mass is 367 g/mol. The van der Waals surface area contributed by atoms with Crippen LogP contribution < -0.4 is 0 Å². The predicted molar refractivity (Wildman–Crippen MR) is 100 cm³/mol. The summed E-state index contributed by atoms with van der Waals surface area (Å²) in [6.45, 7) is 6.98. The van der Waals surface area contributed by atoms with Crippen molar-refractivity contribution in [1.29, 1.82) is 0 Å². The molecule has 0 N–H and O–H groups in total. The molecule has 6 heteroatoms. The second-order valence-electron chi connectivity index (χ2n) is 7.61. The predicted octanol–water partition coefficient (Wildman–Crippen LogP) is 3.02. The summed E-state index contributed by atoms with van der Waals surface area (Å²) in [5.41, 5.74) is 0.453. The van der Waals surface area contributed by atoms with Crippen LogP contribution in [0.25, 0.3) is 0 Å². The van der Waals surface area contributed by atoms with E-state index in [0.29, 0.717) is 19.1 Å². The van der Waals surface area contributed by atoms with Gasteiger partial charge in [-0.1, -0.05) is 6.92 Å². The molecule has 5 nitrogen and oxygen atoms in total. The van der Waals surface area contributed by atoms with Crippen molar-refractivity contribution < 1.29 is 9.59 Å². The number of aromatic nitrogens is 1. The zero-order chi connectivity index (χ0) is 18.6. The van der Waals surface area contributed by atoms with Crippen LogP contribution in [0.4, 0.5) is 0 Å². The Hall–Kier alpha value is -1.49. The summed E-state index contributed by atoms with van der Waals surface area (Å²) in [4.78, 5) is 29.3. The van der Waals surface area contributed by atoms with Gasteiger partial charge in [-0.15, -0.1) is 11.6 Å². The topological polar surface area (TPSA) is 45.6 Å². The number of hydrogen-bond acceptors (Lipinski definition) is 2. The fraction of sp³-hybridized carbons (Fsp3) is 0.684. The van der Waals surface area contributed by atoms with Gasteiger partial charge >= 0.3 is 0 Å². The minimum Gasteiger partial charge on any atom is -0.353 e. The van der Waals surface area contributed by atoms with E-state index in [9.17, 15) is 9.59 Å². The number of carbonyl (C=O) groups excluding carboxylic acids is 2. The first-order valence-corrected chi connectivity index (χ1v) is 9.58. The quantitative estimate of drug-likeness (QED) is 0.630. The number of rotatable bonds is 9. The Morgan fingerprint density at radius 2 is 2.04 bits per heavy atom.